The maximum absolute atomic E-state index is 12.0. The molecule has 0 atom stereocenters. The van der Waals surface area contributed by atoms with Crippen LogP contribution < -0.4 is 20.3 Å². The number of carbonyl (C=O) groups is 1. The zero-order valence-electron chi connectivity index (χ0n) is 13.3. The maximum Gasteiger partial charge on any atom is 0.265 e. The van der Waals surface area contributed by atoms with Gasteiger partial charge in [0.1, 0.15) is 5.75 Å². The van der Waals surface area contributed by atoms with Gasteiger partial charge in [0.25, 0.3) is 5.91 Å². The highest BCUT2D eigenvalue weighted by Crippen LogP contribution is 2.31. The van der Waals surface area contributed by atoms with Gasteiger partial charge in [0.15, 0.2) is 12.6 Å². The molecule has 23 heavy (non-hydrogen) atoms. The van der Waals surface area contributed by atoms with Crippen LogP contribution in [0.15, 0.2) is 29.3 Å². The molecule has 2 rings (SSSR count). The second-order valence-electron chi connectivity index (χ2n) is 4.97. The van der Waals surface area contributed by atoms with E-state index < -0.39 is 0 Å². The highest BCUT2D eigenvalue weighted by atomic mass is 16.5. The Morgan fingerprint density at radius 3 is 3.04 bits per heavy atom. The molecule has 0 unspecified atom stereocenters. The molecular weight excluding hydrogens is 292 g/mol. The lowest BCUT2D eigenvalue weighted by Crippen LogP contribution is -2.40. The molecule has 1 aromatic rings. The van der Waals surface area contributed by atoms with Crippen LogP contribution >= 0.6 is 0 Å². The first-order valence-electron chi connectivity index (χ1n) is 7.74. The van der Waals surface area contributed by atoms with E-state index in [2.05, 4.69) is 21.5 Å². The van der Waals surface area contributed by atoms with Crippen LogP contribution in [0.2, 0.25) is 0 Å². The number of ether oxygens (including phenoxy) is 1. The molecule has 1 aliphatic rings. The van der Waals surface area contributed by atoms with Gasteiger partial charge in [-0.15, -0.1) is 6.42 Å². The average molecular weight is 314 g/mol. The third-order valence-electron chi connectivity index (χ3n) is 3.32. The van der Waals surface area contributed by atoms with Gasteiger partial charge < -0.3 is 20.3 Å². The summed E-state index contributed by atoms with van der Waals surface area (Å²) < 4.78 is 5.43. The lowest BCUT2D eigenvalue weighted by molar-refractivity contribution is -0.121. The number of carbonyl (C=O) groups excluding carboxylic acids is 1. The Balaban J connectivity index is 1.90. The second kappa shape index (κ2) is 8.69. The summed E-state index contributed by atoms with van der Waals surface area (Å²) in [5, 5.41) is 6.16. The van der Waals surface area contributed by atoms with Crippen LogP contribution in [0.4, 0.5) is 5.69 Å². The topological polar surface area (TPSA) is 66.0 Å². The zero-order chi connectivity index (χ0) is 16.5. The predicted molar refractivity (Wildman–Crippen MR) is 91.7 cm³/mol. The molecule has 0 aromatic heterocycles. The van der Waals surface area contributed by atoms with Crippen molar-refractivity contribution in [2.75, 3.05) is 37.7 Å². The van der Waals surface area contributed by atoms with Crippen molar-refractivity contribution in [3.63, 3.8) is 0 Å². The molecule has 6 nitrogen and oxygen atoms in total. The number of anilines is 1. The van der Waals surface area contributed by atoms with Crippen LogP contribution in [0.1, 0.15) is 13.3 Å². The van der Waals surface area contributed by atoms with Crippen molar-refractivity contribution in [3.05, 3.63) is 24.3 Å². The number of hydrogen-bond donors (Lipinski definition) is 2. The van der Waals surface area contributed by atoms with Gasteiger partial charge in [-0.1, -0.05) is 18.1 Å². The summed E-state index contributed by atoms with van der Waals surface area (Å²) in [7, 11) is 0. The summed E-state index contributed by atoms with van der Waals surface area (Å²) in [5.74, 6) is 3.94. The first-order chi connectivity index (χ1) is 11.3. The van der Waals surface area contributed by atoms with Gasteiger partial charge in [0.05, 0.1) is 12.2 Å². The van der Waals surface area contributed by atoms with E-state index in [9.17, 15) is 4.79 Å². The van der Waals surface area contributed by atoms with Gasteiger partial charge in [0.2, 0.25) is 0 Å². The number of aliphatic imine (C=N–C) groups is 1. The first-order valence-corrected chi connectivity index (χ1v) is 7.74. The number of nitrogens with one attached hydrogen (secondary N) is 2. The molecule has 0 saturated heterocycles. The minimum absolute atomic E-state index is 0.0231. The predicted octanol–water partition coefficient (Wildman–Crippen LogP) is 0.990. The van der Waals surface area contributed by atoms with Crippen LogP contribution in [-0.4, -0.2) is 44.7 Å². The van der Waals surface area contributed by atoms with Crippen molar-refractivity contribution in [1.82, 2.24) is 10.6 Å². The Hall–Kier alpha value is -2.68. The number of amides is 1. The van der Waals surface area contributed by atoms with Crippen molar-refractivity contribution >= 4 is 17.6 Å². The normalized spacial score (nSPS) is 13.8. The van der Waals surface area contributed by atoms with Gasteiger partial charge in [-0.05, 0) is 25.5 Å². The number of terminal acetylenes is 1. The minimum Gasteiger partial charge on any atom is -0.482 e. The molecule has 0 saturated carbocycles. The quantitative estimate of drug-likeness (QED) is 0.356. The van der Waals surface area contributed by atoms with Crippen LogP contribution in [0.25, 0.3) is 0 Å². The molecule has 1 aliphatic heterocycles. The van der Waals surface area contributed by atoms with E-state index in [0.29, 0.717) is 25.6 Å². The molecule has 2 N–H and O–H groups in total. The summed E-state index contributed by atoms with van der Waals surface area (Å²) in [6.45, 7) is 4.50. The van der Waals surface area contributed by atoms with E-state index in [1.54, 1.807) is 4.90 Å². The van der Waals surface area contributed by atoms with Crippen molar-refractivity contribution in [2.45, 2.75) is 13.3 Å². The van der Waals surface area contributed by atoms with Crippen molar-refractivity contribution in [2.24, 2.45) is 4.99 Å². The largest absolute Gasteiger partial charge is 0.482 e. The minimum atomic E-state index is -0.0231. The number of fused-ring (bicyclic) bond motifs is 1. The van der Waals surface area contributed by atoms with E-state index in [1.165, 1.54) is 0 Å². The molecular formula is C17H22N4O2. The fourth-order valence-electron chi connectivity index (χ4n) is 2.30. The van der Waals surface area contributed by atoms with Crippen LogP contribution in [-0.2, 0) is 4.79 Å². The molecule has 6 heteroatoms. The Bertz CT molecular complexity index is 607. The van der Waals surface area contributed by atoms with Crippen molar-refractivity contribution < 1.29 is 9.53 Å². The highest BCUT2D eigenvalue weighted by molar-refractivity contribution is 5.97. The Labute approximate surface area is 136 Å². The number of benzene rings is 1. The highest BCUT2D eigenvalue weighted by Gasteiger charge is 2.24. The Morgan fingerprint density at radius 1 is 1.43 bits per heavy atom. The Morgan fingerprint density at radius 2 is 2.26 bits per heavy atom. The summed E-state index contributed by atoms with van der Waals surface area (Å²) >= 11 is 0. The van der Waals surface area contributed by atoms with Crippen LogP contribution in [0.5, 0.6) is 5.75 Å². The summed E-state index contributed by atoms with van der Waals surface area (Å²) in [5.41, 5.74) is 0.824. The summed E-state index contributed by atoms with van der Waals surface area (Å²) in [6, 6.07) is 7.57. The van der Waals surface area contributed by atoms with Crippen molar-refractivity contribution in [1.29, 1.82) is 0 Å². The third-order valence-corrected chi connectivity index (χ3v) is 3.32. The smallest absolute Gasteiger partial charge is 0.265 e. The van der Waals surface area contributed by atoms with Crippen molar-refractivity contribution in [3.8, 4) is 18.1 Å². The van der Waals surface area contributed by atoms with E-state index in [1.807, 2.05) is 31.2 Å². The third kappa shape index (κ3) is 4.65. The lowest BCUT2D eigenvalue weighted by Gasteiger charge is -2.29. The molecule has 1 amide bonds. The number of para-hydroxylation sites is 2. The average Bonchev–Trinajstić information content (AvgIpc) is 2.58. The van der Waals surface area contributed by atoms with E-state index in [4.69, 9.17) is 11.2 Å². The number of hydrogen-bond acceptors (Lipinski definition) is 3. The van der Waals surface area contributed by atoms with Gasteiger partial charge in [0, 0.05) is 19.6 Å². The number of nitrogens with zero attached hydrogens (tertiary/aromatic N) is 2. The number of rotatable bonds is 6. The van der Waals surface area contributed by atoms with E-state index in [-0.39, 0.29) is 12.5 Å². The van der Waals surface area contributed by atoms with Gasteiger partial charge in [-0.2, -0.15) is 0 Å². The maximum atomic E-state index is 12.0. The van der Waals surface area contributed by atoms with Gasteiger partial charge >= 0.3 is 0 Å². The summed E-state index contributed by atoms with van der Waals surface area (Å²) in [4.78, 5) is 18.3. The van der Waals surface area contributed by atoms with E-state index in [0.717, 1.165) is 24.4 Å². The zero-order valence-corrected chi connectivity index (χ0v) is 13.3. The molecule has 122 valence electrons. The molecule has 1 aromatic carbocycles. The molecule has 0 fully saturated rings. The van der Waals surface area contributed by atoms with E-state index >= 15 is 0 Å². The molecule has 0 bridgehead atoms. The number of guanidine groups is 1. The molecule has 0 radical (unpaired) electrons. The SMILES string of the molecule is C#CCNC(=NCCCN1C(=O)COc2ccccc21)NCC. The molecule has 0 spiro atoms. The molecule has 1 heterocycles. The Kier molecular flexibility index (Phi) is 6.30. The fourth-order valence-corrected chi connectivity index (χ4v) is 2.30. The first kappa shape index (κ1) is 16.7. The van der Waals surface area contributed by atoms with Crippen LogP contribution in [0, 0.1) is 12.3 Å². The lowest BCUT2D eigenvalue weighted by atomic mass is 10.2. The monoisotopic (exact) mass is 314 g/mol. The van der Waals surface area contributed by atoms with Gasteiger partial charge in [-0.25, -0.2) is 0 Å². The summed E-state index contributed by atoms with van der Waals surface area (Å²) in [6.07, 6.45) is 5.99. The molecule has 0 aliphatic carbocycles. The standard InChI is InChI=1S/C17H22N4O2/c1-3-10-19-17(18-4-2)20-11-7-12-21-14-8-5-6-9-15(14)23-13-16(21)22/h1,5-6,8-9H,4,7,10-13H2,2H3,(H2,18,19,20). The second-order valence-corrected chi connectivity index (χ2v) is 4.97. The van der Waals surface area contributed by atoms with Crippen LogP contribution in [0.3, 0.4) is 0 Å². The fraction of sp³-hybridized carbons (Fsp3) is 0.412. The van der Waals surface area contributed by atoms with Gasteiger partial charge in [-0.3, -0.25) is 9.79 Å².